The third kappa shape index (κ3) is 4.48. The van der Waals surface area contributed by atoms with Crippen molar-refractivity contribution in [2.24, 2.45) is 0 Å². The van der Waals surface area contributed by atoms with Crippen LogP contribution in [0.3, 0.4) is 0 Å². The monoisotopic (exact) mass is 418 g/mol. The van der Waals surface area contributed by atoms with Gasteiger partial charge in [-0.3, -0.25) is 9.59 Å². The number of carbonyl (C=O) groups excluding carboxylic acids is 2. The molecule has 2 amide bonds. The second-order valence-electron chi connectivity index (χ2n) is 8.24. The summed E-state index contributed by atoms with van der Waals surface area (Å²) in [6.07, 6.45) is 2.41. The van der Waals surface area contributed by atoms with Crippen LogP contribution in [0, 0.1) is 0 Å². The Hall–Kier alpha value is -3.15. The molecule has 0 radical (unpaired) electrons. The van der Waals surface area contributed by atoms with Gasteiger partial charge in [-0.25, -0.2) is 4.98 Å². The first-order chi connectivity index (χ1) is 15.1. The predicted octanol–water partition coefficient (Wildman–Crippen LogP) is 4.03. The van der Waals surface area contributed by atoms with Gasteiger partial charge in [0.15, 0.2) is 0 Å². The van der Waals surface area contributed by atoms with Gasteiger partial charge in [-0.05, 0) is 37.0 Å². The zero-order valence-electron chi connectivity index (χ0n) is 18.3. The standard InChI is InChI=1S/C25H30N4O2/c1-3-22(25(31)26-17-19-9-5-4-6-10-19)29-23-12-8-7-11-21(23)27-24(29)20-13-15-28(16-14-20)18(2)30/h4-12,20,22H,3,13-17H2,1-2H3,(H,26,31). The molecule has 1 fully saturated rings. The van der Waals surface area contributed by atoms with Crippen molar-refractivity contribution in [2.45, 2.75) is 51.6 Å². The number of amides is 2. The van der Waals surface area contributed by atoms with E-state index in [1.807, 2.05) is 66.4 Å². The molecule has 1 aliphatic heterocycles. The molecule has 1 atom stereocenters. The Morgan fingerprint density at radius 1 is 1.06 bits per heavy atom. The number of rotatable bonds is 6. The average Bonchev–Trinajstić information content (AvgIpc) is 3.18. The van der Waals surface area contributed by atoms with Crippen LogP contribution < -0.4 is 5.32 Å². The van der Waals surface area contributed by atoms with Crippen LogP contribution in [-0.2, 0) is 16.1 Å². The number of hydrogen-bond donors (Lipinski definition) is 1. The molecule has 0 bridgehead atoms. The van der Waals surface area contributed by atoms with E-state index in [0.717, 1.165) is 48.4 Å². The van der Waals surface area contributed by atoms with Crippen LogP contribution in [0.2, 0.25) is 0 Å². The largest absolute Gasteiger partial charge is 0.350 e. The first-order valence-corrected chi connectivity index (χ1v) is 11.1. The molecular weight excluding hydrogens is 388 g/mol. The lowest BCUT2D eigenvalue weighted by molar-refractivity contribution is -0.129. The number of aromatic nitrogens is 2. The highest BCUT2D eigenvalue weighted by atomic mass is 16.2. The Labute approximate surface area is 183 Å². The van der Waals surface area contributed by atoms with E-state index in [0.29, 0.717) is 13.0 Å². The second-order valence-corrected chi connectivity index (χ2v) is 8.24. The summed E-state index contributed by atoms with van der Waals surface area (Å²) in [7, 11) is 0. The highest BCUT2D eigenvalue weighted by Crippen LogP contribution is 2.33. The molecule has 0 aliphatic carbocycles. The molecule has 1 aromatic heterocycles. The summed E-state index contributed by atoms with van der Waals surface area (Å²) in [5.74, 6) is 1.33. The summed E-state index contributed by atoms with van der Waals surface area (Å²) < 4.78 is 2.14. The van der Waals surface area contributed by atoms with E-state index < -0.39 is 0 Å². The Morgan fingerprint density at radius 2 is 1.74 bits per heavy atom. The number of imidazole rings is 1. The van der Waals surface area contributed by atoms with E-state index in [4.69, 9.17) is 4.98 Å². The Balaban J connectivity index is 1.62. The maximum absolute atomic E-state index is 13.3. The minimum atomic E-state index is -0.322. The quantitative estimate of drug-likeness (QED) is 0.657. The van der Waals surface area contributed by atoms with Gasteiger partial charge in [-0.2, -0.15) is 0 Å². The third-order valence-electron chi connectivity index (χ3n) is 6.24. The molecular formula is C25H30N4O2. The number of benzene rings is 2. The number of carbonyl (C=O) groups is 2. The fourth-order valence-electron chi connectivity index (χ4n) is 4.52. The lowest BCUT2D eigenvalue weighted by atomic mass is 9.95. The Morgan fingerprint density at radius 3 is 2.42 bits per heavy atom. The van der Waals surface area contributed by atoms with Crippen LogP contribution in [0.1, 0.15) is 56.5 Å². The van der Waals surface area contributed by atoms with Crippen LogP contribution in [0.25, 0.3) is 11.0 Å². The molecule has 6 heteroatoms. The molecule has 1 saturated heterocycles. The molecule has 162 valence electrons. The maximum atomic E-state index is 13.3. The second kappa shape index (κ2) is 9.33. The summed E-state index contributed by atoms with van der Waals surface area (Å²) in [6.45, 7) is 5.65. The lowest BCUT2D eigenvalue weighted by Crippen LogP contribution is -2.38. The van der Waals surface area contributed by atoms with E-state index in [1.165, 1.54) is 0 Å². The number of para-hydroxylation sites is 2. The number of piperidine rings is 1. The van der Waals surface area contributed by atoms with E-state index >= 15 is 0 Å². The maximum Gasteiger partial charge on any atom is 0.243 e. The topological polar surface area (TPSA) is 67.2 Å². The zero-order chi connectivity index (χ0) is 21.8. The highest BCUT2D eigenvalue weighted by Gasteiger charge is 2.30. The molecule has 4 rings (SSSR count). The van der Waals surface area contributed by atoms with Gasteiger partial charge in [0.25, 0.3) is 0 Å². The molecule has 1 N–H and O–H groups in total. The number of nitrogens with one attached hydrogen (secondary N) is 1. The zero-order valence-corrected chi connectivity index (χ0v) is 18.3. The number of fused-ring (bicyclic) bond motifs is 1. The van der Waals surface area contributed by atoms with E-state index in [1.54, 1.807) is 6.92 Å². The molecule has 31 heavy (non-hydrogen) atoms. The predicted molar refractivity (Wildman–Crippen MR) is 122 cm³/mol. The number of likely N-dealkylation sites (tertiary alicyclic amines) is 1. The summed E-state index contributed by atoms with van der Waals surface area (Å²) in [4.78, 5) is 31.8. The van der Waals surface area contributed by atoms with Crippen LogP contribution in [0.4, 0.5) is 0 Å². The third-order valence-corrected chi connectivity index (χ3v) is 6.24. The van der Waals surface area contributed by atoms with Crippen molar-refractivity contribution in [2.75, 3.05) is 13.1 Å². The summed E-state index contributed by atoms with van der Waals surface area (Å²) in [6, 6.07) is 17.7. The van der Waals surface area contributed by atoms with E-state index in [-0.39, 0.29) is 23.8 Å². The van der Waals surface area contributed by atoms with Crippen LogP contribution >= 0.6 is 0 Å². The van der Waals surface area contributed by atoms with Crippen molar-refractivity contribution in [3.05, 3.63) is 66.0 Å². The number of hydrogen-bond acceptors (Lipinski definition) is 3. The van der Waals surface area contributed by atoms with Gasteiger partial charge in [0, 0.05) is 32.5 Å². The molecule has 3 aromatic rings. The van der Waals surface area contributed by atoms with Crippen molar-refractivity contribution >= 4 is 22.8 Å². The van der Waals surface area contributed by atoms with Gasteiger partial charge in [0.05, 0.1) is 11.0 Å². The number of nitrogens with zero attached hydrogens (tertiary/aromatic N) is 3. The van der Waals surface area contributed by atoms with Gasteiger partial charge < -0.3 is 14.8 Å². The van der Waals surface area contributed by atoms with Crippen LogP contribution in [-0.4, -0.2) is 39.4 Å². The highest BCUT2D eigenvalue weighted by molar-refractivity contribution is 5.84. The molecule has 1 aliphatic rings. The molecule has 0 saturated carbocycles. The van der Waals surface area contributed by atoms with Gasteiger partial charge in [0.2, 0.25) is 11.8 Å². The van der Waals surface area contributed by atoms with E-state index in [9.17, 15) is 9.59 Å². The smallest absolute Gasteiger partial charge is 0.243 e. The average molecular weight is 419 g/mol. The van der Waals surface area contributed by atoms with Gasteiger partial charge in [-0.15, -0.1) is 0 Å². The van der Waals surface area contributed by atoms with Crippen molar-refractivity contribution < 1.29 is 9.59 Å². The molecule has 1 unspecified atom stereocenters. The van der Waals surface area contributed by atoms with Gasteiger partial charge in [0.1, 0.15) is 11.9 Å². The minimum absolute atomic E-state index is 0.0110. The molecule has 6 nitrogen and oxygen atoms in total. The molecule has 0 spiro atoms. The molecule has 2 aromatic carbocycles. The van der Waals surface area contributed by atoms with Crippen molar-refractivity contribution in [3.63, 3.8) is 0 Å². The van der Waals surface area contributed by atoms with Gasteiger partial charge >= 0.3 is 0 Å². The van der Waals surface area contributed by atoms with E-state index in [2.05, 4.69) is 9.88 Å². The fraction of sp³-hybridized carbons (Fsp3) is 0.400. The summed E-state index contributed by atoms with van der Waals surface area (Å²) in [5.41, 5.74) is 2.99. The first-order valence-electron chi connectivity index (χ1n) is 11.1. The molecule has 2 heterocycles. The van der Waals surface area contributed by atoms with Crippen molar-refractivity contribution in [3.8, 4) is 0 Å². The Kier molecular flexibility index (Phi) is 6.35. The first kappa shape index (κ1) is 21.1. The van der Waals surface area contributed by atoms with Crippen LogP contribution in [0.5, 0.6) is 0 Å². The SMILES string of the molecule is CCC(C(=O)NCc1ccccc1)n1c(C2CCN(C(C)=O)CC2)nc2ccccc21. The fourth-order valence-corrected chi connectivity index (χ4v) is 4.52. The summed E-state index contributed by atoms with van der Waals surface area (Å²) in [5, 5.41) is 3.11. The van der Waals surface area contributed by atoms with Gasteiger partial charge in [-0.1, -0.05) is 49.4 Å². The summed E-state index contributed by atoms with van der Waals surface area (Å²) >= 11 is 0. The van der Waals surface area contributed by atoms with Crippen molar-refractivity contribution in [1.29, 1.82) is 0 Å². The van der Waals surface area contributed by atoms with Crippen molar-refractivity contribution in [1.82, 2.24) is 19.8 Å². The minimum Gasteiger partial charge on any atom is -0.350 e. The lowest BCUT2D eigenvalue weighted by Gasteiger charge is -2.32. The van der Waals surface area contributed by atoms with Crippen LogP contribution in [0.15, 0.2) is 54.6 Å². The normalized spacial score (nSPS) is 15.7. The Bertz CT molecular complexity index is 1050.